The van der Waals surface area contributed by atoms with Crippen LogP contribution >= 0.6 is 11.3 Å². The quantitative estimate of drug-likeness (QED) is 0.913. The maximum absolute atomic E-state index is 13.2. The zero-order chi connectivity index (χ0) is 14.0. The smallest absolute Gasteiger partial charge is 0.349 e. The van der Waals surface area contributed by atoms with Crippen molar-refractivity contribution in [2.24, 2.45) is 5.92 Å². The third-order valence-electron chi connectivity index (χ3n) is 3.23. The molecule has 0 bridgehead atoms. The zero-order valence-corrected chi connectivity index (χ0v) is 11.4. The molecule has 106 valence electrons. The van der Waals surface area contributed by atoms with Crippen molar-refractivity contribution < 1.29 is 23.4 Å². The number of carboxylic acid groups (broad SMARTS) is 1. The van der Waals surface area contributed by atoms with Gasteiger partial charge in [-0.3, -0.25) is 0 Å². The molecular formula is C13H16F2O3S. The monoisotopic (exact) mass is 290 g/mol. The number of hydrogen-bond donors (Lipinski definition) is 1. The van der Waals surface area contributed by atoms with Crippen molar-refractivity contribution in [3.05, 3.63) is 15.8 Å². The first-order valence-corrected chi connectivity index (χ1v) is 7.03. The van der Waals surface area contributed by atoms with Gasteiger partial charge in [0.05, 0.1) is 6.61 Å². The third kappa shape index (κ3) is 3.65. The molecule has 1 aliphatic carbocycles. The molecular weight excluding hydrogens is 274 g/mol. The largest absolute Gasteiger partial charge is 0.491 e. The molecule has 1 heterocycles. The molecule has 0 spiro atoms. The number of carboxylic acids is 1. The number of rotatable bonds is 4. The normalized spacial score (nSPS) is 22.2. The zero-order valence-electron chi connectivity index (χ0n) is 10.6. The van der Waals surface area contributed by atoms with E-state index in [1.165, 1.54) is 0 Å². The summed E-state index contributed by atoms with van der Waals surface area (Å²) in [5.41, 5.74) is 0. The number of halogens is 2. The molecule has 0 aromatic carbocycles. The van der Waals surface area contributed by atoms with E-state index in [2.05, 4.69) is 0 Å². The van der Waals surface area contributed by atoms with Crippen LogP contribution in [0.15, 0.2) is 6.07 Å². The number of aryl methyl sites for hydroxylation is 1. The van der Waals surface area contributed by atoms with E-state index in [0.717, 1.165) is 16.2 Å². The molecule has 1 aromatic rings. The molecule has 1 fully saturated rings. The second-order valence-electron chi connectivity index (χ2n) is 4.98. The van der Waals surface area contributed by atoms with Crippen molar-refractivity contribution in [1.82, 2.24) is 0 Å². The van der Waals surface area contributed by atoms with Crippen molar-refractivity contribution in [1.29, 1.82) is 0 Å². The third-order valence-corrected chi connectivity index (χ3v) is 4.25. The Balaban J connectivity index is 1.97. The molecule has 1 N–H and O–H groups in total. The van der Waals surface area contributed by atoms with Gasteiger partial charge < -0.3 is 9.84 Å². The van der Waals surface area contributed by atoms with Crippen LogP contribution in [-0.4, -0.2) is 23.6 Å². The van der Waals surface area contributed by atoms with E-state index in [4.69, 9.17) is 9.84 Å². The van der Waals surface area contributed by atoms with Crippen LogP contribution in [0.5, 0.6) is 5.75 Å². The van der Waals surface area contributed by atoms with Gasteiger partial charge in [0.1, 0.15) is 5.75 Å². The first-order valence-electron chi connectivity index (χ1n) is 6.22. The molecule has 1 aliphatic rings. The van der Waals surface area contributed by atoms with Gasteiger partial charge in [0.2, 0.25) is 5.92 Å². The maximum atomic E-state index is 13.2. The Hall–Kier alpha value is -1.17. The molecule has 2 rings (SSSR count). The molecule has 1 saturated carbocycles. The summed E-state index contributed by atoms with van der Waals surface area (Å²) in [7, 11) is 0. The maximum Gasteiger partial charge on any atom is 0.349 e. The summed E-state index contributed by atoms with van der Waals surface area (Å²) in [6.07, 6.45) is 0.983. The fraction of sp³-hybridized carbons (Fsp3) is 0.615. The van der Waals surface area contributed by atoms with E-state index in [1.807, 2.05) is 0 Å². The van der Waals surface area contributed by atoms with Crippen LogP contribution in [0.3, 0.4) is 0 Å². The van der Waals surface area contributed by atoms with Crippen molar-refractivity contribution in [2.45, 2.75) is 38.5 Å². The fourth-order valence-electron chi connectivity index (χ4n) is 2.37. The summed E-state index contributed by atoms with van der Waals surface area (Å²) in [6, 6.07) is 1.65. The first kappa shape index (κ1) is 14.2. The molecule has 1 aromatic heterocycles. The van der Waals surface area contributed by atoms with Gasteiger partial charge in [-0.05, 0) is 31.7 Å². The predicted octanol–water partition coefficient (Wildman–Crippen LogP) is 3.96. The second kappa shape index (κ2) is 5.45. The van der Waals surface area contributed by atoms with Crippen molar-refractivity contribution in [3.8, 4) is 5.75 Å². The minimum absolute atomic E-state index is 0.0541. The average Bonchev–Trinajstić information content (AvgIpc) is 2.67. The standard InChI is InChI=1S/C13H16F2O3S/c1-8-5-10(11(19-8)12(16)17)18-7-9-3-2-4-13(14,15)6-9/h5,9H,2-4,6-7H2,1H3,(H,16,17). The van der Waals surface area contributed by atoms with E-state index >= 15 is 0 Å². The SMILES string of the molecule is Cc1cc(OCC2CCCC(F)(F)C2)c(C(=O)O)s1. The summed E-state index contributed by atoms with van der Waals surface area (Å²) < 4.78 is 31.9. The Labute approximate surface area is 114 Å². The van der Waals surface area contributed by atoms with Gasteiger partial charge in [0, 0.05) is 17.7 Å². The van der Waals surface area contributed by atoms with E-state index in [-0.39, 0.29) is 30.2 Å². The Morgan fingerprint density at radius 1 is 1.63 bits per heavy atom. The molecule has 0 aliphatic heterocycles. The molecule has 3 nitrogen and oxygen atoms in total. The minimum Gasteiger partial charge on any atom is -0.491 e. The molecule has 6 heteroatoms. The van der Waals surface area contributed by atoms with Gasteiger partial charge in [-0.25, -0.2) is 13.6 Å². The molecule has 0 radical (unpaired) electrons. The Morgan fingerprint density at radius 2 is 2.37 bits per heavy atom. The molecule has 1 atom stereocenters. The van der Waals surface area contributed by atoms with Crippen LogP contribution < -0.4 is 4.74 Å². The predicted molar refractivity (Wildman–Crippen MR) is 68.4 cm³/mol. The second-order valence-corrected chi connectivity index (χ2v) is 6.24. The van der Waals surface area contributed by atoms with Crippen LogP contribution in [0.2, 0.25) is 0 Å². The number of thiophene rings is 1. The molecule has 1 unspecified atom stereocenters. The highest BCUT2D eigenvalue weighted by molar-refractivity contribution is 7.14. The number of hydrogen-bond acceptors (Lipinski definition) is 3. The Morgan fingerprint density at radius 3 is 3.00 bits per heavy atom. The fourth-order valence-corrected chi connectivity index (χ4v) is 3.17. The summed E-state index contributed by atoms with van der Waals surface area (Å²) in [5, 5.41) is 9.01. The van der Waals surface area contributed by atoms with Gasteiger partial charge in [-0.1, -0.05) is 0 Å². The lowest BCUT2D eigenvalue weighted by molar-refractivity contribution is -0.0585. The van der Waals surface area contributed by atoms with Crippen LogP contribution in [0.25, 0.3) is 0 Å². The van der Waals surface area contributed by atoms with Gasteiger partial charge in [0.25, 0.3) is 0 Å². The van der Waals surface area contributed by atoms with Gasteiger partial charge >= 0.3 is 5.97 Å². The number of ether oxygens (including phenoxy) is 1. The average molecular weight is 290 g/mol. The van der Waals surface area contributed by atoms with Gasteiger partial charge in [-0.15, -0.1) is 11.3 Å². The highest BCUT2D eigenvalue weighted by Crippen LogP contribution is 2.37. The van der Waals surface area contributed by atoms with Crippen molar-refractivity contribution in [2.75, 3.05) is 6.61 Å². The van der Waals surface area contributed by atoms with Crippen molar-refractivity contribution >= 4 is 17.3 Å². The summed E-state index contributed by atoms with van der Waals surface area (Å²) >= 11 is 1.14. The topological polar surface area (TPSA) is 46.5 Å². The Bertz CT molecular complexity index is 470. The molecule has 19 heavy (non-hydrogen) atoms. The van der Waals surface area contributed by atoms with Gasteiger partial charge in [0.15, 0.2) is 4.88 Å². The van der Waals surface area contributed by atoms with Crippen LogP contribution in [0, 0.1) is 12.8 Å². The lowest BCUT2D eigenvalue weighted by Gasteiger charge is -2.28. The van der Waals surface area contributed by atoms with Gasteiger partial charge in [-0.2, -0.15) is 0 Å². The van der Waals surface area contributed by atoms with Crippen LogP contribution in [0.4, 0.5) is 8.78 Å². The van der Waals surface area contributed by atoms with Crippen molar-refractivity contribution in [3.63, 3.8) is 0 Å². The molecule has 0 amide bonds. The minimum atomic E-state index is -2.60. The summed E-state index contributed by atoms with van der Waals surface area (Å²) in [4.78, 5) is 12.0. The van der Waals surface area contributed by atoms with Crippen LogP contribution in [0.1, 0.15) is 40.2 Å². The van der Waals surface area contributed by atoms with Crippen LogP contribution in [-0.2, 0) is 0 Å². The summed E-state index contributed by atoms with van der Waals surface area (Å²) in [5.74, 6) is -3.55. The number of carbonyl (C=O) groups is 1. The lowest BCUT2D eigenvalue weighted by atomic mass is 9.87. The lowest BCUT2D eigenvalue weighted by Crippen LogP contribution is -2.29. The summed E-state index contributed by atoms with van der Waals surface area (Å²) in [6.45, 7) is 1.95. The van der Waals surface area contributed by atoms with E-state index in [9.17, 15) is 13.6 Å². The number of aromatic carboxylic acids is 1. The first-order chi connectivity index (χ1) is 8.87. The Kier molecular flexibility index (Phi) is 4.08. The van der Waals surface area contributed by atoms with E-state index in [1.54, 1.807) is 13.0 Å². The highest BCUT2D eigenvalue weighted by atomic mass is 32.1. The highest BCUT2D eigenvalue weighted by Gasteiger charge is 2.36. The van der Waals surface area contributed by atoms with E-state index in [0.29, 0.717) is 18.6 Å². The molecule has 0 saturated heterocycles. The van der Waals surface area contributed by atoms with E-state index < -0.39 is 11.9 Å². The number of alkyl halides is 2.